The summed E-state index contributed by atoms with van der Waals surface area (Å²) in [6.07, 6.45) is 33.4. The van der Waals surface area contributed by atoms with Crippen LogP contribution in [0.2, 0.25) is 6.04 Å². The number of hydrogen-bond acceptors (Lipinski definition) is 6. The fourth-order valence-electron chi connectivity index (χ4n) is 8.41. The molecule has 0 aromatic heterocycles. The van der Waals surface area contributed by atoms with Gasteiger partial charge in [-0.05, 0) is 142 Å². The molecule has 0 aliphatic carbocycles. The Labute approximate surface area is 440 Å². The van der Waals surface area contributed by atoms with Gasteiger partial charge in [0.2, 0.25) is 0 Å². The highest BCUT2D eigenvalue weighted by Crippen LogP contribution is 2.47. The lowest BCUT2D eigenvalue weighted by atomic mass is 9.94. The van der Waals surface area contributed by atoms with Crippen molar-refractivity contribution < 1.29 is 4.74 Å². The van der Waals surface area contributed by atoms with Gasteiger partial charge in [0.1, 0.15) is 5.75 Å². The molecule has 0 aliphatic heterocycles. The number of fused-ring (bicyclic) bond motifs is 6. The van der Waals surface area contributed by atoms with Gasteiger partial charge in [-0.1, -0.05) is 163 Å². The lowest BCUT2D eigenvalue weighted by molar-refractivity contribution is 0.298. The Balaban J connectivity index is 1.49. The van der Waals surface area contributed by atoms with E-state index >= 15 is 0 Å². The predicted octanol–water partition coefficient (Wildman–Crippen LogP) is 22.9. The van der Waals surface area contributed by atoms with Crippen LogP contribution in [0.1, 0.15) is 202 Å². The number of ether oxygens (including phenoxy) is 1. The molecule has 372 valence electrons. The Morgan fingerprint density at radius 1 is 0.333 bits per heavy atom. The number of thioether (sulfide) groups is 5. The number of hydrogen-bond donors (Lipinski definition) is 0. The first kappa shape index (κ1) is 58.9. The molecular formula is C56H87Cl3OS5Si. The van der Waals surface area contributed by atoms with Crippen LogP contribution in [0, 0.1) is 0 Å². The third-order valence-corrected chi connectivity index (χ3v) is 21.1. The molecule has 4 aromatic rings. The first-order valence-electron chi connectivity index (χ1n) is 26.6. The second kappa shape index (κ2) is 35.4. The summed E-state index contributed by atoms with van der Waals surface area (Å²) in [6, 6.07) is 13.7. The SMILES string of the molecule is CCCCSc1cc2c(cc1OCCCCCCCCCCCCCCCCCC[Si](Cl)(Cl)Cl)c1cc(SCCCC)c(SCCCC)cc1c1cc(SCCCC)c(SCCCC)cc21. The molecule has 0 heterocycles. The molecule has 0 saturated heterocycles. The topological polar surface area (TPSA) is 9.23 Å². The average Bonchev–Trinajstić information content (AvgIpc) is 3.30. The average molecular weight is 1070 g/mol. The van der Waals surface area contributed by atoms with Crippen LogP contribution >= 0.6 is 92.0 Å². The molecule has 1 nitrogen and oxygen atoms in total. The van der Waals surface area contributed by atoms with E-state index in [9.17, 15) is 0 Å². The molecule has 0 fully saturated rings. The van der Waals surface area contributed by atoms with E-state index in [1.807, 2.05) is 11.8 Å². The number of rotatable bonds is 40. The lowest BCUT2D eigenvalue weighted by Gasteiger charge is -2.20. The highest BCUT2D eigenvalue weighted by molar-refractivity contribution is 8.02. The zero-order valence-corrected chi connectivity index (χ0v) is 49.2. The van der Waals surface area contributed by atoms with Crippen LogP contribution in [0.5, 0.6) is 5.75 Å². The molecule has 4 rings (SSSR count). The molecule has 10 heteroatoms. The van der Waals surface area contributed by atoms with Crippen LogP contribution in [-0.4, -0.2) is 41.4 Å². The van der Waals surface area contributed by atoms with Crippen LogP contribution < -0.4 is 4.74 Å². The summed E-state index contributed by atoms with van der Waals surface area (Å²) in [6.45, 7) is 12.4. The van der Waals surface area contributed by atoms with Gasteiger partial charge in [0.05, 0.1) is 11.5 Å². The van der Waals surface area contributed by atoms with Gasteiger partial charge in [0.25, 0.3) is 0 Å². The molecule has 0 N–H and O–H groups in total. The van der Waals surface area contributed by atoms with Crippen molar-refractivity contribution in [2.75, 3.05) is 35.4 Å². The fourth-order valence-corrected chi connectivity index (χ4v) is 16.3. The van der Waals surface area contributed by atoms with Gasteiger partial charge in [-0.2, -0.15) is 0 Å². The Morgan fingerprint density at radius 3 is 0.894 bits per heavy atom. The van der Waals surface area contributed by atoms with Crippen molar-refractivity contribution in [1.29, 1.82) is 0 Å². The zero-order valence-electron chi connectivity index (χ0n) is 41.9. The van der Waals surface area contributed by atoms with Crippen LogP contribution in [0.25, 0.3) is 32.3 Å². The summed E-state index contributed by atoms with van der Waals surface area (Å²) in [5.74, 6) is 6.91. The maximum atomic E-state index is 6.88. The summed E-state index contributed by atoms with van der Waals surface area (Å²) in [7, 11) is 0. The first-order chi connectivity index (χ1) is 32.2. The molecule has 0 aliphatic rings. The summed E-state index contributed by atoms with van der Waals surface area (Å²) in [4.78, 5) is 7.18. The van der Waals surface area contributed by atoms with E-state index in [1.54, 1.807) is 0 Å². The monoisotopic (exact) mass is 1070 g/mol. The Hall–Kier alpha value is 0.297. The molecule has 4 aromatic carbocycles. The van der Waals surface area contributed by atoms with Crippen LogP contribution in [0.4, 0.5) is 0 Å². The highest BCUT2D eigenvalue weighted by Gasteiger charge is 2.23. The zero-order chi connectivity index (χ0) is 47.2. The van der Waals surface area contributed by atoms with E-state index in [0.29, 0.717) is 0 Å². The van der Waals surface area contributed by atoms with Crippen LogP contribution in [0.3, 0.4) is 0 Å². The van der Waals surface area contributed by atoms with Crippen LogP contribution in [-0.2, 0) is 0 Å². The van der Waals surface area contributed by atoms with Crippen LogP contribution in [0.15, 0.2) is 60.9 Å². The minimum Gasteiger partial charge on any atom is -0.492 e. The maximum absolute atomic E-state index is 6.88. The molecular weight excluding hydrogens is 983 g/mol. The van der Waals surface area contributed by atoms with Gasteiger partial charge in [-0.3, -0.25) is 0 Å². The van der Waals surface area contributed by atoms with Gasteiger partial charge in [-0.25, -0.2) is 0 Å². The first-order valence-corrected chi connectivity index (χ1v) is 36.8. The molecule has 0 radical (unpaired) electrons. The van der Waals surface area contributed by atoms with Gasteiger partial charge in [-0.15, -0.1) is 92.0 Å². The third kappa shape index (κ3) is 22.0. The van der Waals surface area contributed by atoms with Crippen molar-refractivity contribution in [3.8, 4) is 5.75 Å². The Bertz CT molecular complexity index is 1890. The van der Waals surface area contributed by atoms with Gasteiger partial charge < -0.3 is 4.74 Å². The molecule has 0 amide bonds. The van der Waals surface area contributed by atoms with Crippen molar-refractivity contribution in [1.82, 2.24) is 0 Å². The van der Waals surface area contributed by atoms with Gasteiger partial charge in [0.15, 0.2) is 0 Å². The van der Waals surface area contributed by atoms with Crippen molar-refractivity contribution >= 4 is 130 Å². The van der Waals surface area contributed by atoms with Crippen molar-refractivity contribution in [2.24, 2.45) is 0 Å². The van der Waals surface area contributed by atoms with Crippen molar-refractivity contribution in [3.63, 3.8) is 0 Å². The largest absolute Gasteiger partial charge is 0.492 e. The molecule has 0 atom stereocenters. The predicted molar refractivity (Wildman–Crippen MR) is 315 cm³/mol. The Morgan fingerprint density at radius 2 is 0.591 bits per heavy atom. The molecule has 0 spiro atoms. The normalized spacial score (nSPS) is 12.1. The number of benzene rings is 4. The van der Waals surface area contributed by atoms with E-state index in [2.05, 4.69) is 118 Å². The summed E-state index contributed by atoms with van der Waals surface area (Å²) in [5.41, 5.74) is 0. The van der Waals surface area contributed by atoms with E-state index in [1.165, 1.54) is 234 Å². The fraction of sp³-hybridized carbons (Fsp3) is 0.679. The minimum absolute atomic E-state index is 0.793. The summed E-state index contributed by atoms with van der Waals surface area (Å²) >= 11 is 28.3. The smallest absolute Gasteiger partial charge is 0.341 e. The summed E-state index contributed by atoms with van der Waals surface area (Å²) in [5, 5.41) is 8.39. The Kier molecular flexibility index (Phi) is 31.6. The number of halogens is 3. The maximum Gasteiger partial charge on any atom is 0.341 e. The molecule has 0 saturated carbocycles. The van der Waals surface area contributed by atoms with E-state index in [4.69, 9.17) is 38.0 Å². The molecule has 66 heavy (non-hydrogen) atoms. The minimum atomic E-state index is -2.42. The quantitative estimate of drug-likeness (QED) is 0.0143. The standard InChI is InChI=1S/C56H87Cl3OS5Si/c1-6-11-33-61-52-40-46-45(39-51(52)60-32-30-28-26-24-22-20-18-16-17-19-21-23-25-27-29-31-38-66(57,58)59)47-41-53(62-34-12-7-2)55(64-36-14-9-4)43-49(47)50-44-56(65-37-15-10-5)54(42-48(46)50)63-35-13-8-3/h39-44H,6-38H2,1-5H3. The van der Waals surface area contributed by atoms with E-state index < -0.39 is 6.00 Å². The lowest BCUT2D eigenvalue weighted by Crippen LogP contribution is -2.07. The second-order valence-electron chi connectivity index (χ2n) is 18.4. The number of unbranched alkanes of at least 4 members (excludes halogenated alkanes) is 20. The third-order valence-electron chi connectivity index (χ3n) is 12.5. The molecule has 0 bridgehead atoms. The van der Waals surface area contributed by atoms with E-state index in [-0.39, 0.29) is 0 Å². The molecule has 0 unspecified atom stereocenters. The van der Waals surface area contributed by atoms with Crippen molar-refractivity contribution in [2.45, 2.75) is 232 Å². The van der Waals surface area contributed by atoms with Gasteiger partial charge >= 0.3 is 6.00 Å². The summed E-state index contributed by atoms with van der Waals surface area (Å²) < 4.78 is 6.88. The van der Waals surface area contributed by atoms with Crippen molar-refractivity contribution in [3.05, 3.63) is 36.4 Å². The highest BCUT2D eigenvalue weighted by atomic mass is 35.8. The second-order valence-corrected chi connectivity index (χ2v) is 33.4. The van der Waals surface area contributed by atoms with Gasteiger partial charge in [0, 0.05) is 19.6 Å². The van der Waals surface area contributed by atoms with E-state index in [0.717, 1.165) is 37.0 Å².